The van der Waals surface area contributed by atoms with Crippen LogP contribution in [0.5, 0.6) is 0 Å². The van der Waals surface area contributed by atoms with Gasteiger partial charge in [0.1, 0.15) is 6.10 Å². The predicted octanol–water partition coefficient (Wildman–Crippen LogP) is 1.81. The van der Waals surface area contributed by atoms with E-state index < -0.39 is 0 Å². The molecule has 0 atom stereocenters. The summed E-state index contributed by atoms with van der Waals surface area (Å²) >= 11 is 0. The average molecular weight is 196 g/mol. The van der Waals surface area contributed by atoms with Gasteiger partial charge in [0.2, 0.25) is 0 Å². The maximum absolute atomic E-state index is 10.9. The van der Waals surface area contributed by atoms with E-state index in [1.165, 1.54) is 0 Å². The van der Waals surface area contributed by atoms with E-state index in [1.54, 1.807) is 7.05 Å². The molecule has 0 aliphatic heterocycles. The number of hydrogen-bond donors (Lipinski definition) is 1. The monoisotopic (exact) mass is 196 g/mol. The van der Waals surface area contributed by atoms with E-state index in [0.717, 1.165) is 25.7 Å². The van der Waals surface area contributed by atoms with E-state index in [2.05, 4.69) is 11.4 Å². The molecule has 0 radical (unpaired) electrons. The SMILES string of the molecule is CNC(=O)OC1CCC(CC#N)CC1. The molecule has 0 spiro atoms. The summed E-state index contributed by atoms with van der Waals surface area (Å²) in [5, 5.41) is 11.0. The molecule has 78 valence electrons. The summed E-state index contributed by atoms with van der Waals surface area (Å²) in [6, 6.07) is 2.18. The summed E-state index contributed by atoms with van der Waals surface area (Å²) in [4.78, 5) is 10.9. The van der Waals surface area contributed by atoms with Crippen molar-refractivity contribution in [1.82, 2.24) is 5.32 Å². The van der Waals surface area contributed by atoms with E-state index in [0.29, 0.717) is 12.3 Å². The highest BCUT2D eigenvalue weighted by Crippen LogP contribution is 2.28. The molecule has 0 unspecified atom stereocenters. The minimum atomic E-state index is -0.353. The van der Waals surface area contributed by atoms with Crippen LogP contribution in [0.3, 0.4) is 0 Å². The third kappa shape index (κ3) is 3.25. The van der Waals surface area contributed by atoms with Crippen LogP contribution in [-0.4, -0.2) is 19.2 Å². The van der Waals surface area contributed by atoms with Crippen molar-refractivity contribution in [3.63, 3.8) is 0 Å². The van der Waals surface area contributed by atoms with Crippen molar-refractivity contribution in [3.05, 3.63) is 0 Å². The van der Waals surface area contributed by atoms with Gasteiger partial charge in [0, 0.05) is 13.5 Å². The van der Waals surface area contributed by atoms with Gasteiger partial charge >= 0.3 is 6.09 Å². The quantitative estimate of drug-likeness (QED) is 0.732. The normalized spacial score (nSPS) is 26.3. The number of amides is 1. The number of rotatable bonds is 2. The second-order valence-corrected chi connectivity index (χ2v) is 3.66. The van der Waals surface area contributed by atoms with Gasteiger partial charge in [0.25, 0.3) is 0 Å². The minimum absolute atomic E-state index is 0.0462. The first-order chi connectivity index (χ1) is 6.76. The summed E-state index contributed by atoms with van der Waals surface area (Å²) in [7, 11) is 1.56. The van der Waals surface area contributed by atoms with Crippen LogP contribution in [0, 0.1) is 17.2 Å². The van der Waals surface area contributed by atoms with Gasteiger partial charge in [-0.15, -0.1) is 0 Å². The van der Waals surface area contributed by atoms with Gasteiger partial charge in [0.05, 0.1) is 6.07 Å². The number of carbonyl (C=O) groups is 1. The van der Waals surface area contributed by atoms with Gasteiger partial charge in [0.15, 0.2) is 0 Å². The number of nitrogens with one attached hydrogen (secondary N) is 1. The highest BCUT2D eigenvalue weighted by Gasteiger charge is 2.23. The zero-order valence-electron chi connectivity index (χ0n) is 8.45. The van der Waals surface area contributed by atoms with Gasteiger partial charge in [-0.1, -0.05) is 0 Å². The largest absolute Gasteiger partial charge is 0.446 e. The Labute approximate surface area is 84.2 Å². The maximum Gasteiger partial charge on any atom is 0.407 e. The van der Waals surface area contributed by atoms with E-state index in [-0.39, 0.29) is 12.2 Å². The number of nitriles is 1. The Hall–Kier alpha value is -1.24. The highest BCUT2D eigenvalue weighted by molar-refractivity contribution is 5.66. The Kier molecular flexibility index (Phi) is 4.24. The van der Waals surface area contributed by atoms with Crippen molar-refractivity contribution in [2.75, 3.05) is 7.05 Å². The Balaban J connectivity index is 2.22. The first-order valence-corrected chi connectivity index (χ1v) is 5.01. The number of alkyl carbamates (subject to hydrolysis) is 1. The molecule has 0 saturated heterocycles. The molecular weight excluding hydrogens is 180 g/mol. The molecule has 1 aliphatic carbocycles. The first-order valence-electron chi connectivity index (χ1n) is 5.01. The molecule has 0 aromatic rings. The standard InChI is InChI=1S/C10H16N2O2/c1-12-10(13)14-9-4-2-8(3-5-9)6-7-11/h8-9H,2-6H2,1H3,(H,12,13). The smallest absolute Gasteiger partial charge is 0.407 e. The summed E-state index contributed by atoms with van der Waals surface area (Å²) < 4.78 is 5.13. The second-order valence-electron chi connectivity index (χ2n) is 3.66. The Morgan fingerprint density at radius 3 is 2.64 bits per heavy atom. The molecule has 1 N–H and O–H groups in total. The predicted molar refractivity (Wildman–Crippen MR) is 51.5 cm³/mol. The second kappa shape index (κ2) is 5.48. The van der Waals surface area contributed by atoms with Gasteiger partial charge in [-0.25, -0.2) is 4.79 Å². The van der Waals surface area contributed by atoms with Crippen molar-refractivity contribution in [1.29, 1.82) is 5.26 Å². The van der Waals surface area contributed by atoms with E-state index in [1.807, 2.05) is 0 Å². The molecule has 1 saturated carbocycles. The van der Waals surface area contributed by atoms with E-state index >= 15 is 0 Å². The van der Waals surface area contributed by atoms with E-state index in [9.17, 15) is 4.79 Å². The Morgan fingerprint density at radius 2 is 2.14 bits per heavy atom. The molecule has 4 nitrogen and oxygen atoms in total. The van der Waals surface area contributed by atoms with Crippen LogP contribution in [0.2, 0.25) is 0 Å². The fourth-order valence-electron chi connectivity index (χ4n) is 1.79. The van der Waals surface area contributed by atoms with Crippen molar-refractivity contribution in [3.8, 4) is 6.07 Å². The van der Waals surface area contributed by atoms with Crippen molar-refractivity contribution in [2.24, 2.45) is 5.92 Å². The lowest BCUT2D eigenvalue weighted by Gasteiger charge is -2.26. The van der Waals surface area contributed by atoms with Crippen molar-refractivity contribution < 1.29 is 9.53 Å². The fourth-order valence-corrected chi connectivity index (χ4v) is 1.79. The lowest BCUT2D eigenvalue weighted by atomic mass is 9.86. The summed E-state index contributed by atoms with van der Waals surface area (Å²) in [5.41, 5.74) is 0. The molecule has 1 fully saturated rings. The fraction of sp³-hybridized carbons (Fsp3) is 0.800. The van der Waals surface area contributed by atoms with Crippen LogP contribution in [-0.2, 0) is 4.74 Å². The Bertz CT molecular complexity index is 227. The summed E-state index contributed by atoms with van der Waals surface area (Å²) in [6.07, 6.45) is 4.09. The van der Waals surface area contributed by atoms with Gasteiger partial charge in [-0.2, -0.15) is 5.26 Å². The highest BCUT2D eigenvalue weighted by atomic mass is 16.6. The molecule has 4 heteroatoms. The van der Waals surface area contributed by atoms with Crippen LogP contribution < -0.4 is 5.32 Å². The molecule has 0 aromatic heterocycles. The molecule has 1 amide bonds. The molecule has 1 rings (SSSR count). The molecular formula is C10H16N2O2. The molecule has 0 bridgehead atoms. The zero-order valence-corrected chi connectivity index (χ0v) is 8.45. The maximum atomic E-state index is 10.9. The van der Waals surface area contributed by atoms with Crippen LogP contribution >= 0.6 is 0 Å². The number of ether oxygens (including phenoxy) is 1. The summed E-state index contributed by atoms with van der Waals surface area (Å²) in [6.45, 7) is 0. The van der Waals surface area contributed by atoms with Gasteiger partial charge in [-0.05, 0) is 31.6 Å². The van der Waals surface area contributed by atoms with Gasteiger partial charge < -0.3 is 10.1 Å². The number of hydrogen-bond acceptors (Lipinski definition) is 3. The molecule has 0 heterocycles. The van der Waals surface area contributed by atoms with Crippen molar-refractivity contribution in [2.45, 2.75) is 38.2 Å². The Morgan fingerprint density at radius 1 is 1.50 bits per heavy atom. The van der Waals surface area contributed by atoms with Crippen LogP contribution in [0.1, 0.15) is 32.1 Å². The summed E-state index contributed by atoms with van der Waals surface area (Å²) in [5.74, 6) is 0.504. The minimum Gasteiger partial charge on any atom is -0.446 e. The van der Waals surface area contributed by atoms with E-state index in [4.69, 9.17) is 10.00 Å². The number of nitrogens with zero attached hydrogens (tertiary/aromatic N) is 1. The zero-order chi connectivity index (χ0) is 10.4. The van der Waals surface area contributed by atoms with Crippen LogP contribution in [0.25, 0.3) is 0 Å². The third-order valence-corrected chi connectivity index (χ3v) is 2.65. The van der Waals surface area contributed by atoms with Crippen LogP contribution in [0.4, 0.5) is 4.79 Å². The first kappa shape index (κ1) is 10.8. The average Bonchev–Trinajstić information content (AvgIpc) is 2.21. The lowest BCUT2D eigenvalue weighted by Crippen LogP contribution is -2.29. The topological polar surface area (TPSA) is 62.1 Å². The number of carbonyl (C=O) groups excluding carboxylic acids is 1. The van der Waals surface area contributed by atoms with Crippen molar-refractivity contribution >= 4 is 6.09 Å². The van der Waals surface area contributed by atoms with Crippen LogP contribution in [0.15, 0.2) is 0 Å². The molecule has 1 aliphatic rings. The third-order valence-electron chi connectivity index (χ3n) is 2.65. The van der Waals surface area contributed by atoms with Gasteiger partial charge in [-0.3, -0.25) is 0 Å². The molecule has 14 heavy (non-hydrogen) atoms. The lowest BCUT2D eigenvalue weighted by molar-refractivity contribution is 0.0662. The molecule has 0 aromatic carbocycles.